The summed E-state index contributed by atoms with van der Waals surface area (Å²) in [5.41, 5.74) is 2.62. The number of nitrogens with zero attached hydrogens (tertiary/aromatic N) is 1. The van der Waals surface area contributed by atoms with Crippen molar-refractivity contribution in [2.24, 2.45) is 0 Å². The molecule has 3 aromatic rings. The van der Waals surface area contributed by atoms with Crippen LogP contribution in [-0.2, 0) is 39.8 Å². The number of benzene rings is 3. The number of esters is 2. The van der Waals surface area contributed by atoms with Gasteiger partial charge in [-0.1, -0.05) is 91.0 Å². The topological polar surface area (TPSA) is 111 Å². The molecule has 1 saturated heterocycles. The summed E-state index contributed by atoms with van der Waals surface area (Å²) in [6.07, 6.45) is -0.174. The summed E-state index contributed by atoms with van der Waals surface area (Å²) in [6.45, 7) is 1.60. The normalized spacial score (nSPS) is 21.0. The summed E-state index contributed by atoms with van der Waals surface area (Å²) < 4.78 is 17.3. The van der Waals surface area contributed by atoms with E-state index in [1.165, 1.54) is 22.7 Å². The molecule has 43 heavy (non-hydrogen) atoms. The molecule has 0 saturated carbocycles. The number of thioether (sulfide) groups is 1. The molecule has 3 heterocycles. The second kappa shape index (κ2) is 12.2. The van der Waals surface area contributed by atoms with Gasteiger partial charge in [-0.05, 0) is 23.6 Å². The molecule has 9 nitrogen and oxygen atoms in total. The number of rotatable bonds is 9. The number of hydrogen-bond acceptors (Lipinski definition) is 8. The molecular formula is C33H28N2O7S. The Labute approximate surface area is 252 Å². The van der Waals surface area contributed by atoms with Crippen LogP contribution in [0.15, 0.2) is 114 Å². The number of carbonyl (C=O) groups excluding carboxylic acids is 4. The zero-order valence-corrected chi connectivity index (χ0v) is 24.0. The minimum Gasteiger partial charge on any atom is -0.452 e. The lowest BCUT2D eigenvalue weighted by Crippen LogP contribution is -2.70. The van der Waals surface area contributed by atoms with Gasteiger partial charge in [0.05, 0.1) is 12.2 Å². The van der Waals surface area contributed by atoms with E-state index in [1.54, 1.807) is 6.92 Å². The SMILES string of the molecule is CC1=CC(OC2=C(C(=O)OC(c3ccccc3)c3ccccc3)N3C(=O)[C@@H](NC(=O)Cc4ccccc4)[C@H]3SC2)OC1=O. The van der Waals surface area contributed by atoms with Gasteiger partial charge in [0, 0.05) is 11.6 Å². The van der Waals surface area contributed by atoms with Crippen LogP contribution in [0.2, 0.25) is 0 Å². The smallest absolute Gasteiger partial charge is 0.359 e. The third-order valence-corrected chi connectivity index (χ3v) is 8.52. The van der Waals surface area contributed by atoms with Crippen molar-refractivity contribution in [2.75, 3.05) is 5.75 Å². The monoisotopic (exact) mass is 596 g/mol. The molecule has 3 atom stereocenters. The maximum absolute atomic E-state index is 14.0. The van der Waals surface area contributed by atoms with Gasteiger partial charge in [-0.3, -0.25) is 14.5 Å². The standard InChI is InChI=1S/C33H28N2O7S/c1-20-17-26(41-32(20)38)40-24-19-43-31-27(34-25(36)18-21-11-5-2-6-12-21)30(37)35(31)28(24)33(39)42-29(22-13-7-3-8-14-22)23-15-9-4-10-16-23/h2-17,26-27,29,31H,18-19H2,1H3,(H,34,36)/t26?,27-,31-/m1/s1. The summed E-state index contributed by atoms with van der Waals surface area (Å²) in [6, 6.07) is 27.0. The van der Waals surface area contributed by atoms with E-state index in [1.807, 2.05) is 91.0 Å². The molecule has 0 aliphatic carbocycles. The van der Waals surface area contributed by atoms with Crippen LogP contribution in [0.3, 0.4) is 0 Å². The number of fused-ring (bicyclic) bond motifs is 1. The second-order valence-corrected chi connectivity index (χ2v) is 11.3. The van der Waals surface area contributed by atoms with Crippen molar-refractivity contribution in [3.8, 4) is 0 Å². The van der Waals surface area contributed by atoms with Crippen LogP contribution >= 0.6 is 11.8 Å². The van der Waals surface area contributed by atoms with Crippen LogP contribution in [0.4, 0.5) is 0 Å². The molecule has 3 aromatic carbocycles. The molecule has 10 heteroatoms. The third-order valence-electron chi connectivity index (χ3n) is 7.27. The third kappa shape index (κ3) is 5.91. The Hall–Kier alpha value is -4.83. The Balaban J connectivity index is 1.28. The lowest BCUT2D eigenvalue weighted by molar-refractivity contribution is -0.158. The number of cyclic esters (lactones) is 1. The van der Waals surface area contributed by atoms with E-state index < -0.39 is 41.7 Å². The van der Waals surface area contributed by atoms with Crippen LogP contribution in [0.5, 0.6) is 0 Å². The molecule has 1 unspecified atom stereocenters. The van der Waals surface area contributed by atoms with Gasteiger partial charge >= 0.3 is 11.9 Å². The van der Waals surface area contributed by atoms with Crippen molar-refractivity contribution in [3.05, 3.63) is 131 Å². The van der Waals surface area contributed by atoms with E-state index >= 15 is 0 Å². The van der Waals surface area contributed by atoms with Crippen molar-refractivity contribution >= 4 is 35.5 Å². The highest BCUT2D eigenvalue weighted by Gasteiger charge is 2.55. The largest absolute Gasteiger partial charge is 0.452 e. The van der Waals surface area contributed by atoms with Crippen molar-refractivity contribution in [3.63, 3.8) is 0 Å². The Morgan fingerprint density at radius 3 is 2.14 bits per heavy atom. The van der Waals surface area contributed by atoms with Crippen LogP contribution in [0.1, 0.15) is 29.7 Å². The van der Waals surface area contributed by atoms with Crippen LogP contribution in [0, 0.1) is 0 Å². The number of hydrogen-bond donors (Lipinski definition) is 1. The number of β-lactam (4-membered cyclic amide) rings is 1. The van der Waals surface area contributed by atoms with Gasteiger partial charge in [0.25, 0.3) is 12.2 Å². The molecule has 0 radical (unpaired) electrons. The highest BCUT2D eigenvalue weighted by atomic mass is 32.2. The Morgan fingerprint density at radius 2 is 1.56 bits per heavy atom. The highest BCUT2D eigenvalue weighted by molar-refractivity contribution is 8.00. The molecule has 3 aliphatic rings. The summed E-state index contributed by atoms with van der Waals surface area (Å²) in [7, 11) is 0. The van der Waals surface area contributed by atoms with E-state index in [0.717, 1.165) is 16.7 Å². The predicted octanol–water partition coefficient (Wildman–Crippen LogP) is 4.02. The average molecular weight is 597 g/mol. The fourth-order valence-electron chi connectivity index (χ4n) is 5.13. The molecule has 6 rings (SSSR count). The first-order valence-corrected chi connectivity index (χ1v) is 14.8. The number of amides is 2. The first kappa shape index (κ1) is 28.3. The van der Waals surface area contributed by atoms with Crippen molar-refractivity contribution in [1.82, 2.24) is 10.2 Å². The number of carbonyl (C=O) groups is 4. The van der Waals surface area contributed by atoms with Gasteiger partial charge in [0.2, 0.25) is 5.91 Å². The summed E-state index contributed by atoms with van der Waals surface area (Å²) in [5, 5.41) is 2.28. The van der Waals surface area contributed by atoms with E-state index in [2.05, 4.69) is 5.32 Å². The van der Waals surface area contributed by atoms with E-state index in [-0.39, 0.29) is 29.5 Å². The molecule has 0 spiro atoms. The van der Waals surface area contributed by atoms with Gasteiger partial charge in [0.15, 0.2) is 11.8 Å². The zero-order valence-electron chi connectivity index (χ0n) is 23.2. The fourth-order valence-corrected chi connectivity index (χ4v) is 6.39. The van der Waals surface area contributed by atoms with Crippen molar-refractivity contribution < 1.29 is 33.4 Å². The van der Waals surface area contributed by atoms with E-state index in [0.29, 0.717) is 5.57 Å². The molecule has 0 aromatic heterocycles. The molecule has 3 aliphatic heterocycles. The maximum Gasteiger partial charge on any atom is 0.359 e. The van der Waals surface area contributed by atoms with Gasteiger partial charge in [-0.25, -0.2) is 9.59 Å². The lowest BCUT2D eigenvalue weighted by Gasteiger charge is -2.49. The van der Waals surface area contributed by atoms with Crippen molar-refractivity contribution in [1.29, 1.82) is 0 Å². The van der Waals surface area contributed by atoms with Gasteiger partial charge < -0.3 is 19.5 Å². The Morgan fingerprint density at radius 1 is 0.953 bits per heavy atom. The quantitative estimate of drug-likeness (QED) is 0.291. The zero-order chi connectivity index (χ0) is 29.9. The molecule has 2 amide bonds. The van der Waals surface area contributed by atoms with E-state index in [9.17, 15) is 19.2 Å². The molecule has 1 N–H and O–H groups in total. The highest BCUT2D eigenvalue weighted by Crippen LogP contribution is 2.42. The van der Waals surface area contributed by atoms with Crippen LogP contribution in [0.25, 0.3) is 0 Å². The maximum atomic E-state index is 14.0. The molecule has 1 fully saturated rings. The van der Waals surface area contributed by atoms with Crippen LogP contribution in [-0.4, -0.2) is 52.1 Å². The fraction of sp³-hybridized carbons (Fsp3) is 0.212. The summed E-state index contributed by atoms with van der Waals surface area (Å²) >= 11 is 1.34. The lowest BCUT2D eigenvalue weighted by atomic mass is 10.0. The second-order valence-electron chi connectivity index (χ2n) is 10.2. The number of ether oxygens (including phenoxy) is 3. The first-order valence-electron chi connectivity index (χ1n) is 13.8. The Bertz CT molecular complexity index is 1570. The van der Waals surface area contributed by atoms with Crippen LogP contribution < -0.4 is 5.32 Å². The van der Waals surface area contributed by atoms with Gasteiger partial charge in [-0.2, -0.15) is 0 Å². The first-order chi connectivity index (χ1) is 20.9. The molecule has 0 bridgehead atoms. The van der Waals surface area contributed by atoms with Gasteiger partial charge in [-0.15, -0.1) is 11.8 Å². The Kier molecular flexibility index (Phi) is 8.02. The van der Waals surface area contributed by atoms with Gasteiger partial charge in [0.1, 0.15) is 17.2 Å². The average Bonchev–Trinajstić information content (AvgIpc) is 3.35. The number of nitrogens with one attached hydrogen (secondary N) is 1. The minimum atomic E-state index is -1.04. The predicted molar refractivity (Wildman–Crippen MR) is 158 cm³/mol. The van der Waals surface area contributed by atoms with Crippen molar-refractivity contribution in [2.45, 2.75) is 37.2 Å². The summed E-state index contributed by atoms with van der Waals surface area (Å²) in [4.78, 5) is 53.6. The molecule has 218 valence electrons. The van der Waals surface area contributed by atoms with E-state index in [4.69, 9.17) is 14.2 Å². The molecular weight excluding hydrogens is 568 g/mol. The minimum absolute atomic E-state index is 0.0758. The summed E-state index contributed by atoms with van der Waals surface area (Å²) in [5.74, 6) is -1.72.